The molecule has 2 heteroatoms. The smallest absolute Gasteiger partial charge is 0.0805 e. The van der Waals surface area contributed by atoms with Crippen LogP contribution in [0.25, 0.3) is 42.6 Å². The normalized spacial score (nSPS) is 11.3. The van der Waals surface area contributed by atoms with E-state index >= 15 is 0 Å². The predicted octanol–water partition coefficient (Wildman–Crippen LogP) is 7.09. The highest BCUT2D eigenvalue weighted by Crippen LogP contribution is 2.35. The van der Waals surface area contributed by atoms with Crippen LogP contribution in [0.3, 0.4) is 0 Å². The van der Waals surface area contributed by atoms with Crippen molar-refractivity contribution in [1.29, 1.82) is 0 Å². The quantitative estimate of drug-likeness (QED) is 0.331. The van der Waals surface area contributed by atoms with Crippen molar-refractivity contribution in [3.63, 3.8) is 0 Å². The van der Waals surface area contributed by atoms with E-state index in [0.717, 1.165) is 5.69 Å². The Morgan fingerprint density at radius 2 is 1.50 bits per heavy atom. The van der Waals surface area contributed by atoms with E-state index in [-0.39, 0.29) is 0 Å². The Kier molecular flexibility index (Phi) is 3.58. The standard InChI is InChI=1S/C24H17NS/c1-16-13-22(24-14-18-8-3-5-12-23(18)26-24)25-15-21(16)20-11-6-9-17-7-2-4-10-19(17)20/h2-15H,1H3. The number of fused-ring (bicyclic) bond motifs is 2. The number of thiophene rings is 1. The molecular formula is C24H17NS. The van der Waals surface area contributed by atoms with Crippen LogP contribution in [0.2, 0.25) is 0 Å². The lowest BCUT2D eigenvalue weighted by atomic mass is 9.96. The van der Waals surface area contributed by atoms with E-state index in [1.165, 1.54) is 42.4 Å². The van der Waals surface area contributed by atoms with E-state index in [1.54, 1.807) is 11.3 Å². The fraction of sp³-hybridized carbons (Fsp3) is 0.0417. The Hall–Kier alpha value is -2.97. The van der Waals surface area contributed by atoms with Crippen LogP contribution < -0.4 is 0 Å². The Bertz CT molecular complexity index is 1210. The van der Waals surface area contributed by atoms with Crippen molar-refractivity contribution in [2.24, 2.45) is 0 Å². The van der Waals surface area contributed by atoms with Crippen LogP contribution >= 0.6 is 11.3 Å². The summed E-state index contributed by atoms with van der Waals surface area (Å²) >= 11 is 1.80. The zero-order valence-corrected chi connectivity index (χ0v) is 15.3. The summed E-state index contributed by atoms with van der Waals surface area (Å²) in [5.41, 5.74) is 4.75. The Labute approximate surface area is 156 Å². The summed E-state index contributed by atoms with van der Waals surface area (Å²) in [4.78, 5) is 6.02. The molecule has 0 saturated heterocycles. The van der Waals surface area contributed by atoms with Gasteiger partial charge in [-0.2, -0.15) is 0 Å². The summed E-state index contributed by atoms with van der Waals surface area (Å²) in [6.45, 7) is 2.18. The van der Waals surface area contributed by atoms with Gasteiger partial charge in [0.15, 0.2) is 0 Å². The lowest BCUT2D eigenvalue weighted by Gasteiger charge is -2.10. The van der Waals surface area contributed by atoms with Gasteiger partial charge in [0.2, 0.25) is 0 Å². The molecule has 5 aromatic rings. The molecule has 0 fully saturated rings. The number of hydrogen-bond acceptors (Lipinski definition) is 2. The molecule has 0 spiro atoms. The third-order valence-electron chi connectivity index (χ3n) is 4.87. The summed E-state index contributed by atoms with van der Waals surface area (Å²) in [7, 11) is 0. The van der Waals surface area contributed by atoms with Crippen molar-refractivity contribution < 1.29 is 0 Å². The number of rotatable bonds is 2. The molecule has 0 aliphatic heterocycles. The summed E-state index contributed by atoms with van der Waals surface area (Å²) in [6, 6.07) is 27.9. The molecule has 0 bridgehead atoms. The average Bonchev–Trinajstić information content (AvgIpc) is 3.12. The fourth-order valence-corrected chi connectivity index (χ4v) is 4.57. The molecule has 124 valence electrons. The molecule has 0 saturated carbocycles. The summed E-state index contributed by atoms with van der Waals surface area (Å²) < 4.78 is 1.31. The van der Waals surface area contributed by atoms with Crippen LogP contribution in [0.1, 0.15) is 5.56 Å². The largest absolute Gasteiger partial charge is 0.255 e. The minimum absolute atomic E-state index is 1.05. The molecule has 0 unspecified atom stereocenters. The molecule has 0 aliphatic rings. The Morgan fingerprint density at radius 3 is 2.35 bits per heavy atom. The zero-order chi connectivity index (χ0) is 17.5. The Balaban J connectivity index is 1.64. The third-order valence-corrected chi connectivity index (χ3v) is 6.01. The lowest BCUT2D eigenvalue weighted by molar-refractivity contribution is 1.30. The topological polar surface area (TPSA) is 12.9 Å². The fourth-order valence-electron chi connectivity index (χ4n) is 3.54. The molecular weight excluding hydrogens is 334 g/mol. The average molecular weight is 351 g/mol. The molecule has 2 aromatic heterocycles. The maximum atomic E-state index is 4.80. The molecule has 0 atom stereocenters. The van der Waals surface area contributed by atoms with Gasteiger partial charge in [-0.05, 0) is 52.4 Å². The molecule has 0 N–H and O–H groups in total. The minimum atomic E-state index is 1.05. The van der Waals surface area contributed by atoms with Crippen molar-refractivity contribution in [3.8, 4) is 21.7 Å². The summed E-state index contributed by atoms with van der Waals surface area (Å²) in [5.74, 6) is 0. The molecule has 0 radical (unpaired) electrons. The van der Waals surface area contributed by atoms with Crippen LogP contribution in [-0.4, -0.2) is 4.98 Å². The number of aryl methyl sites for hydroxylation is 1. The van der Waals surface area contributed by atoms with Gasteiger partial charge in [-0.25, -0.2) is 0 Å². The van der Waals surface area contributed by atoms with Crippen molar-refractivity contribution in [1.82, 2.24) is 4.98 Å². The van der Waals surface area contributed by atoms with Crippen LogP contribution in [0, 0.1) is 6.92 Å². The highest BCUT2D eigenvalue weighted by Gasteiger charge is 2.10. The second-order valence-electron chi connectivity index (χ2n) is 6.56. The van der Waals surface area contributed by atoms with Gasteiger partial charge in [-0.1, -0.05) is 60.7 Å². The number of nitrogens with zero attached hydrogens (tertiary/aromatic N) is 1. The van der Waals surface area contributed by atoms with E-state index in [1.807, 2.05) is 6.20 Å². The number of hydrogen-bond donors (Lipinski definition) is 0. The van der Waals surface area contributed by atoms with Crippen molar-refractivity contribution in [2.75, 3.05) is 0 Å². The molecule has 2 heterocycles. The van der Waals surface area contributed by atoms with Gasteiger partial charge in [0, 0.05) is 16.5 Å². The van der Waals surface area contributed by atoms with Gasteiger partial charge in [-0.3, -0.25) is 4.98 Å². The first-order chi connectivity index (χ1) is 12.8. The molecule has 3 aromatic carbocycles. The van der Waals surface area contributed by atoms with Gasteiger partial charge in [0.05, 0.1) is 10.6 Å². The predicted molar refractivity (Wildman–Crippen MR) is 113 cm³/mol. The van der Waals surface area contributed by atoms with E-state index in [4.69, 9.17) is 4.98 Å². The summed E-state index contributed by atoms with van der Waals surface area (Å²) in [5, 5.41) is 3.82. The summed E-state index contributed by atoms with van der Waals surface area (Å²) in [6.07, 6.45) is 2.02. The highest BCUT2D eigenvalue weighted by atomic mass is 32.1. The van der Waals surface area contributed by atoms with Crippen molar-refractivity contribution >= 4 is 32.2 Å². The first-order valence-electron chi connectivity index (χ1n) is 8.73. The van der Waals surface area contributed by atoms with E-state index in [0.29, 0.717) is 0 Å². The number of aromatic nitrogens is 1. The van der Waals surface area contributed by atoms with Crippen molar-refractivity contribution in [2.45, 2.75) is 6.92 Å². The maximum absolute atomic E-state index is 4.80. The Morgan fingerprint density at radius 1 is 0.731 bits per heavy atom. The van der Waals surface area contributed by atoms with E-state index in [2.05, 4.69) is 85.8 Å². The highest BCUT2D eigenvalue weighted by molar-refractivity contribution is 7.22. The van der Waals surface area contributed by atoms with Crippen LogP contribution in [0.4, 0.5) is 0 Å². The van der Waals surface area contributed by atoms with Crippen LogP contribution in [-0.2, 0) is 0 Å². The second kappa shape index (κ2) is 6.08. The molecule has 5 rings (SSSR count). The molecule has 0 aliphatic carbocycles. The maximum Gasteiger partial charge on any atom is 0.0805 e. The van der Waals surface area contributed by atoms with Gasteiger partial charge >= 0.3 is 0 Å². The van der Waals surface area contributed by atoms with Gasteiger partial charge < -0.3 is 0 Å². The monoisotopic (exact) mass is 351 g/mol. The third kappa shape index (κ3) is 2.51. The minimum Gasteiger partial charge on any atom is -0.255 e. The van der Waals surface area contributed by atoms with Crippen LogP contribution in [0.5, 0.6) is 0 Å². The molecule has 0 amide bonds. The van der Waals surface area contributed by atoms with Gasteiger partial charge in [0.1, 0.15) is 0 Å². The number of benzene rings is 3. The zero-order valence-electron chi connectivity index (χ0n) is 14.4. The van der Waals surface area contributed by atoms with E-state index in [9.17, 15) is 0 Å². The lowest BCUT2D eigenvalue weighted by Crippen LogP contribution is -1.89. The first kappa shape index (κ1) is 15.3. The van der Waals surface area contributed by atoms with Gasteiger partial charge in [-0.15, -0.1) is 11.3 Å². The van der Waals surface area contributed by atoms with Gasteiger partial charge in [0.25, 0.3) is 0 Å². The van der Waals surface area contributed by atoms with E-state index < -0.39 is 0 Å². The SMILES string of the molecule is Cc1cc(-c2cc3ccccc3s2)ncc1-c1cccc2ccccc12. The second-order valence-corrected chi connectivity index (χ2v) is 7.64. The van der Waals surface area contributed by atoms with Crippen LogP contribution in [0.15, 0.2) is 85.1 Å². The first-order valence-corrected chi connectivity index (χ1v) is 9.55. The van der Waals surface area contributed by atoms with Crippen molar-refractivity contribution in [3.05, 3.63) is 90.6 Å². The number of pyridine rings is 1. The molecule has 1 nitrogen and oxygen atoms in total. The molecule has 26 heavy (non-hydrogen) atoms.